The number of carbonyl (C=O) groups excluding carboxylic acids is 3. The number of nitro groups is 1. The zero-order valence-electron chi connectivity index (χ0n) is 18.9. The van der Waals surface area contributed by atoms with E-state index in [0.717, 1.165) is 23.0 Å². The molecule has 0 radical (unpaired) electrons. The first-order valence-corrected chi connectivity index (χ1v) is 10.7. The van der Waals surface area contributed by atoms with Crippen LogP contribution in [0.25, 0.3) is 0 Å². The second-order valence-corrected chi connectivity index (χ2v) is 7.60. The second kappa shape index (κ2) is 12.0. The van der Waals surface area contributed by atoms with Gasteiger partial charge in [-0.15, -0.1) is 12.4 Å². The Morgan fingerprint density at radius 3 is 2.68 bits per heavy atom. The molecule has 0 saturated heterocycles. The molecule has 0 aliphatic carbocycles. The monoisotopic (exact) mass is 490 g/mol. The second-order valence-electron chi connectivity index (χ2n) is 7.60. The number of non-ortho nitro benzene ring substituents is 1. The van der Waals surface area contributed by atoms with Crippen LogP contribution in [0, 0.1) is 10.1 Å². The van der Waals surface area contributed by atoms with Gasteiger partial charge in [0.2, 0.25) is 5.91 Å². The van der Waals surface area contributed by atoms with Crippen molar-refractivity contribution in [1.82, 2.24) is 5.32 Å². The van der Waals surface area contributed by atoms with E-state index in [1.165, 1.54) is 25.1 Å². The summed E-state index contributed by atoms with van der Waals surface area (Å²) in [5, 5.41) is 16.3. The van der Waals surface area contributed by atoms with Crippen LogP contribution in [0.1, 0.15) is 36.2 Å². The van der Waals surface area contributed by atoms with Crippen molar-refractivity contribution in [2.45, 2.75) is 32.7 Å². The summed E-state index contributed by atoms with van der Waals surface area (Å²) in [5.41, 5.74) is 2.72. The van der Waals surface area contributed by atoms with E-state index in [9.17, 15) is 24.5 Å². The zero-order chi connectivity index (χ0) is 24.0. The third-order valence-electron chi connectivity index (χ3n) is 5.38. The number of nitro benzene ring substituents is 1. The van der Waals surface area contributed by atoms with Crippen molar-refractivity contribution in [3.63, 3.8) is 0 Å². The number of rotatable bonds is 9. The van der Waals surface area contributed by atoms with E-state index in [0.29, 0.717) is 25.9 Å². The molecule has 0 aromatic heterocycles. The Balaban J connectivity index is 0.00000408. The molecule has 0 unspecified atom stereocenters. The standard InChI is InChI=1S/C23H26N4O6.ClH/c1-3-26(20-9-5-8-19-18(20)10-11-21(28)25-19)12-13-33-23(30)15(2)24-22(29)16-6-4-7-17(14-16)27(31)32;/h4-9,14-15H,3,10-13H2,1-2H3,(H,24,29)(H,25,28);1H/t15-;/m0./s1. The van der Waals surface area contributed by atoms with Crippen LogP contribution in [-0.4, -0.2) is 48.4 Å². The molecule has 1 aliphatic heterocycles. The van der Waals surface area contributed by atoms with Gasteiger partial charge in [0.1, 0.15) is 12.6 Å². The van der Waals surface area contributed by atoms with E-state index in [1.54, 1.807) is 0 Å². The van der Waals surface area contributed by atoms with Crippen LogP contribution < -0.4 is 15.5 Å². The molecule has 10 nitrogen and oxygen atoms in total. The molecule has 0 bridgehead atoms. The topological polar surface area (TPSA) is 131 Å². The molecular weight excluding hydrogens is 464 g/mol. The van der Waals surface area contributed by atoms with Gasteiger partial charge in [-0.2, -0.15) is 0 Å². The summed E-state index contributed by atoms with van der Waals surface area (Å²) >= 11 is 0. The fourth-order valence-electron chi connectivity index (χ4n) is 3.63. The summed E-state index contributed by atoms with van der Waals surface area (Å²) in [6.45, 7) is 4.72. The number of nitrogens with zero attached hydrogens (tertiary/aromatic N) is 2. The minimum Gasteiger partial charge on any atom is -0.462 e. The number of anilines is 2. The molecule has 3 rings (SSSR count). The minimum atomic E-state index is -0.925. The van der Waals surface area contributed by atoms with Crippen LogP contribution in [0.3, 0.4) is 0 Å². The first-order chi connectivity index (χ1) is 15.8. The molecule has 1 atom stereocenters. The Hall–Kier alpha value is -3.66. The molecule has 0 spiro atoms. The van der Waals surface area contributed by atoms with E-state index >= 15 is 0 Å². The highest BCUT2D eigenvalue weighted by atomic mass is 35.5. The molecule has 182 valence electrons. The number of hydrogen-bond donors (Lipinski definition) is 2. The number of nitrogens with one attached hydrogen (secondary N) is 2. The van der Waals surface area contributed by atoms with Crippen LogP contribution in [0.4, 0.5) is 17.1 Å². The normalized spacial score (nSPS) is 12.9. The summed E-state index contributed by atoms with van der Waals surface area (Å²) in [7, 11) is 0. The van der Waals surface area contributed by atoms with Gasteiger partial charge >= 0.3 is 5.97 Å². The van der Waals surface area contributed by atoms with Gasteiger partial charge in [0.15, 0.2) is 0 Å². The molecule has 2 amide bonds. The van der Waals surface area contributed by atoms with E-state index in [1.807, 2.05) is 25.1 Å². The van der Waals surface area contributed by atoms with Crippen LogP contribution in [0.15, 0.2) is 42.5 Å². The number of amides is 2. The molecule has 0 saturated carbocycles. The predicted octanol–water partition coefficient (Wildman–Crippen LogP) is 3.09. The number of fused-ring (bicyclic) bond motifs is 1. The van der Waals surface area contributed by atoms with Crippen molar-refractivity contribution < 1.29 is 24.0 Å². The molecule has 11 heteroatoms. The van der Waals surface area contributed by atoms with Crippen LogP contribution >= 0.6 is 12.4 Å². The molecule has 2 N–H and O–H groups in total. The van der Waals surface area contributed by atoms with Crippen molar-refractivity contribution >= 4 is 47.3 Å². The van der Waals surface area contributed by atoms with Crippen molar-refractivity contribution in [3.8, 4) is 0 Å². The number of halogens is 1. The Bertz CT molecular complexity index is 1080. The number of benzene rings is 2. The fourth-order valence-corrected chi connectivity index (χ4v) is 3.63. The van der Waals surface area contributed by atoms with Gasteiger partial charge in [-0.25, -0.2) is 4.79 Å². The maximum atomic E-state index is 12.3. The van der Waals surface area contributed by atoms with Gasteiger partial charge in [-0.05, 0) is 44.0 Å². The molecular formula is C23H27ClN4O6. The van der Waals surface area contributed by atoms with Gasteiger partial charge in [0.05, 0.1) is 11.5 Å². The third kappa shape index (κ3) is 6.44. The molecule has 34 heavy (non-hydrogen) atoms. The zero-order valence-corrected chi connectivity index (χ0v) is 19.7. The summed E-state index contributed by atoms with van der Waals surface area (Å²) in [4.78, 5) is 48.7. The van der Waals surface area contributed by atoms with E-state index in [-0.39, 0.29) is 36.2 Å². The van der Waals surface area contributed by atoms with Gasteiger partial charge in [-0.3, -0.25) is 19.7 Å². The van der Waals surface area contributed by atoms with E-state index in [2.05, 4.69) is 15.5 Å². The first kappa shape index (κ1) is 26.6. The van der Waals surface area contributed by atoms with Gasteiger partial charge in [-0.1, -0.05) is 12.1 Å². The SMILES string of the molecule is CCN(CCOC(=O)[C@H](C)NC(=O)c1cccc([N+](=O)[O-])c1)c1cccc2c1CCC(=O)N2.Cl. The number of hydrogen-bond acceptors (Lipinski definition) is 7. The van der Waals surface area contributed by atoms with Gasteiger partial charge in [0.25, 0.3) is 11.6 Å². The van der Waals surface area contributed by atoms with Crippen molar-refractivity contribution in [2.75, 3.05) is 29.9 Å². The average molecular weight is 491 g/mol. The summed E-state index contributed by atoms with van der Waals surface area (Å²) in [5.74, 6) is -1.21. The summed E-state index contributed by atoms with van der Waals surface area (Å²) < 4.78 is 5.34. The molecule has 1 heterocycles. The maximum Gasteiger partial charge on any atom is 0.328 e. The predicted molar refractivity (Wildman–Crippen MR) is 130 cm³/mol. The maximum absolute atomic E-state index is 12.3. The van der Waals surface area contributed by atoms with Crippen LogP contribution in [-0.2, 0) is 20.7 Å². The lowest BCUT2D eigenvalue weighted by Gasteiger charge is -2.29. The van der Waals surface area contributed by atoms with Crippen LogP contribution in [0.2, 0.25) is 0 Å². The quantitative estimate of drug-likeness (QED) is 0.313. The summed E-state index contributed by atoms with van der Waals surface area (Å²) in [6, 6.07) is 10.1. The Morgan fingerprint density at radius 1 is 1.24 bits per heavy atom. The van der Waals surface area contributed by atoms with Crippen molar-refractivity contribution in [3.05, 3.63) is 63.7 Å². The first-order valence-electron chi connectivity index (χ1n) is 10.7. The fraction of sp³-hybridized carbons (Fsp3) is 0.348. The van der Waals surface area contributed by atoms with Gasteiger partial charge in [0, 0.05) is 42.0 Å². The highest BCUT2D eigenvalue weighted by Crippen LogP contribution is 2.31. The number of ether oxygens (including phenoxy) is 1. The largest absolute Gasteiger partial charge is 0.462 e. The number of likely N-dealkylation sites (N-methyl/N-ethyl adjacent to an activating group) is 1. The lowest BCUT2D eigenvalue weighted by Crippen LogP contribution is -2.40. The van der Waals surface area contributed by atoms with Crippen molar-refractivity contribution in [2.24, 2.45) is 0 Å². The highest BCUT2D eigenvalue weighted by Gasteiger charge is 2.22. The van der Waals surface area contributed by atoms with Crippen LogP contribution in [0.5, 0.6) is 0 Å². The van der Waals surface area contributed by atoms with E-state index < -0.39 is 22.8 Å². The van der Waals surface area contributed by atoms with Gasteiger partial charge < -0.3 is 20.3 Å². The smallest absolute Gasteiger partial charge is 0.328 e. The lowest BCUT2D eigenvalue weighted by atomic mass is 10.00. The third-order valence-corrected chi connectivity index (χ3v) is 5.38. The van der Waals surface area contributed by atoms with Crippen molar-refractivity contribution in [1.29, 1.82) is 0 Å². The Kier molecular flexibility index (Phi) is 9.37. The minimum absolute atomic E-state index is 0. The number of carbonyl (C=O) groups is 3. The average Bonchev–Trinajstić information content (AvgIpc) is 2.81. The Labute approximate surface area is 203 Å². The highest BCUT2D eigenvalue weighted by molar-refractivity contribution is 5.97. The van der Waals surface area contributed by atoms with E-state index in [4.69, 9.17) is 4.74 Å². The molecule has 1 aliphatic rings. The molecule has 0 fully saturated rings. The lowest BCUT2D eigenvalue weighted by molar-refractivity contribution is -0.384. The molecule has 2 aromatic carbocycles. The Morgan fingerprint density at radius 2 is 1.97 bits per heavy atom. The molecule has 2 aromatic rings. The summed E-state index contributed by atoms with van der Waals surface area (Å²) in [6.07, 6.45) is 1.08. The number of esters is 1.